The van der Waals surface area contributed by atoms with Gasteiger partial charge in [0.1, 0.15) is 11.3 Å². The quantitative estimate of drug-likeness (QED) is 0.429. The first-order valence-electron chi connectivity index (χ1n) is 9.59. The van der Waals surface area contributed by atoms with Gasteiger partial charge in [-0.15, -0.1) is 13.2 Å². The summed E-state index contributed by atoms with van der Waals surface area (Å²) in [4.78, 5) is 17.4. The van der Waals surface area contributed by atoms with Crippen LogP contribution in [-0.2, 0) is 6.54 Å². The van der Waals surface area contributed by atoms with E-state index in [1.807, 2.05) is 36.6 Å². The predicted octanol–water partition coefficient (Wildman–Crippen LogP) is 5.34. The van der Waals surface area contributed by atoms with Gasteiger partial charge in [0, 0.05) is 23.7 Å². The van der Waals surface area contributed by atoms with Crippen molar-refractivity contribution in [2.24, 2.45) is 0 Å². The van der Waals surface area contributed by atoms with E-state index in [4.69, 9.17) is 4.52 Å². The smallest absolute Gasteiger partial charge is 0.406 e. The van der Waals surface area contributed by atoms with Crippen molar-refractivity contribution < 1.29 is 22.4 Å². The van der Waals surface area contributed by atoms with Crippen LogP contribution in [0.2, 0.25) is 0 Å². The van der Waals surface area contributed by atoms with E-state index in [0.29, 0.717) is 17.5 Å². The Bertz CT molecular complexity index is 1290. The van der Waals surface area contributed by atoms with Gasteiger partial charge in [0.15, 0.2) is 0 Å². The van der Waals surface area contributed by atoms with Crippen LogP contribution in [0.15, 0.2) is 58.0 Å². The fourth-order valence-electron chi connectivity index (χ4n) is 3.35. The zero-order valence-electron chi connectivity index (χ0n) is 16.7. The first-order chi connectivity index (χ1) is 14.7. The average Bonchev–Trinajstić information content (AvgIpc) is 3.19. The maximum Gasteiger partial charge on any atom is 0.573 e. The monoisotopic (exact) mass is 429 g/mol. The number of hydrogen-bond donors (Lipinski definition) is 0. The highest BCUT2D eigenvalue weighted by Crippen LogP contribution is 2.27. The maximum absolute atomic E-state index is 13.1. The van der Waals surface area contributed by atoms with Crippen molar-refractivity contribution in [2.75, 3.05) is 0 Å². The Labute approximate surface area is 174 Å². The van der Waals surface area contributed by atoms with Gasteiger partial charge in [0.2, 0.25) is 11.3 Å². The predicted molar refractivity (Wildman–Crippen MR) is 109 cm³/mol. The van der Waals surface area contributed by atoms with E-state index in [2.05, 4.69) is 14.9 Å². The van der Waals surface area contributed by atoms with Gasteiger partial charge >= 0.3 is 6.36 Å². The van der Waals surface area contributed by atoms with Crippen molar-refractivity contribution in [3.8, 4) is 28.6 Å². The second kappa shape index (κ2) is 7.90. The Balaban J connectivity index is 1.73. The van der Waals surface area contributed by atoms with Gasteiger partial charge in [0.05, 0.1) is 5.52 Å². The van der Waals surface area contributed by atoms with E-state index < -0.39 is 6.36 Å². The molecular formula is C22H18F3N3O3. The number of nitrogens with zero attached hydrogens (tertiary/aromatic N) is 3. The molecule has 2 aromatic heterocycles. The number of benzene rings is 2. The van der Waals surface area contributed by atoms with Gasteiger partial charge in [0.25, 0.3) is 5.89 Å². The van der Waals surface area contributed by atoms with E-state index in [1.54, 1.807) is 6.20 Å². The van der Waals surface area contributed by atoms with Crippen LogP contribution in [0.5, 0.6) is 5.75 Å². The summed E-state index contributed by atoms with van der Waals surface area (Å²) in [6.45, 7) is 4.65. The van der Waals surface area contributed by atoms with Gasteiger partial charge in [-0.05, 0) is 49.7 Å². The molecule has 160 valence electrons. The lowest BCUT2D eigenvalue weighted by molar-refractivity contribution is -0.274. The van der Waals surface area contributed by atoms with E-state index in [9.17, 15) is 18.0 Å². The van der Waals surface area contributed by atoms with Gasteiger partial charge in [-0.1, -0.05) is 23.7 Å². The van der Waals surface area contributed by atoms with E-state index >= 15 is 0 Å². The first kappa shape index (κ1) is 20.6. The van der Waals surface area contributed by atoms with Gasteiger partial charge in [-0.2, -0.15) is 4.98 Å². The third-order valence-electron chi connectivity index (χ3n) is 4.70. The number of alkyl halides is 3. The van der Waals surface area contributed by atoms with Crippen molar-refractivity contribution in [2.45, 2.75) is 33.2 Å². The summed E-state index contributed by atoms with van der Waals surface area (Å²) >= 11 is 0. The topological polar surface area (TPSA) is 70.2 Å². The molecule has 0 amide bonds. The van der Waals surface area contributed by atoms with Crippen molar-refractivity contribution in [1.29, 1.82) is 0 Å². The molecule has 0 radical (unpaired) electrons. The molecule has 0 bridgehead atoms. The van der Waals surface area contributed by atoms with Crippen LogP contribution in [0.3, 0.4) is 0 Å². The maximum atomic E-state index is 13.1. The molecule has 4 rings (SSSR count). The second-order valence-corrected chi connectivity index (χ2v) is 7.08. The average molecular weight is 429 g/mol. The summed E-state index contributed by atoms with van der Waals surface area (Å²) in [5.74, 6) is -0.157. The molecule has 0 N–H and O–H groups in total. The Morgan fingerprint density at radius 1 is 1.13 bits per heavy atom. The SMILES string of the molecule is CCCn1cc(-c2nc(-c3ccc(OC(F)(F)F)cc3)no2)c(=O)c2cc(C)ccc21. The molecule has 0 saturated heterocycles. The molecule has 4 aromatic rings. The van der Waals surface area contributed by atoms with Gasteiger partial charge in [-0.25, -0.2) is 0 Å². The molecule has 0 saturated carbocycles. The zero-order chi connectivity index (χ0) is 22.2. The summed E-state index contributed by atoms with van der Waals surface area (Å²) in [7, 11) is 0. The lowest BCUT2D eigenvalue weighted by atomic mass is 10.1. The number of ether oxygens (including phenoxy) is 1. The van der Waals surface area contributed by atoms with Gasteiger partial charge in [-0.3, -0.25) is 4.79 Å². The molecule has 0 spiro atoms. The summed E-state index contributed by atoms with van der Waals surface area (Å²) in [6, 6.07) is 10.8. The Morgan fingerprint density at radius 3 is 2.55 bits per heavy atom. The lowest BCUT2D eigenvalue weighted by Crippen LogP contribution is -2.16. The van der Waals surface area contributed by atoms with Crippen LogP contribution in [0.1, 0.15) is 18.9 Å². The number of pyridine rings is 1. The molecule has 2 heterocycles. The van der Waals surface area contributed by atoms with E-state index in [1.165, 1.54) is 12.1 Å². The minimum atomic E-state index is -4.77. The van der Waals surface area contributed by atoms with Crippen LogP contribution in [-0.4, -0.2) is 21.1 Å². The highest BCUT2D eigenvalue weighted by Gasteiger charge is 2.31. The van der Waals surface area contributed by atoms with E-state index in [-0.39, 0.29) is 28.5 Å². The number of rotatable bonds is 5. The largest absolute Gasteiger partial charge is 0.573 e. The molecular weight excluding hydrogens is 411 g/mol. The zero-order valence-corrected chi connectivity index (χ0v) is 16.7. The molecule has 0 unspecified atom stereocenters. The molecule has 0 atom stereocenters. The number of hydrogen-bond acceptors (Lipinski definition) is 5. The molecule has 0 aliphatic heterocycles. The van der Waals surface area contributed by atoms with Crippen LogP contribution in [0.25, 0.3) is 33.7 Å². The molecule has 6 nitrogen and oxygen atoms in total. The minimum absolute atomic E-state index is 0.0453. The Kier molecular flexibility index (Phi) is 5.26. The molecule has 0 aliphatic carbocycles. The third kappa shape index (κ3) is 4.30. The van der Waals surface area contributed by atoms with Crippen LogP contribution in [0.4, 0.5) is 13.2 Å². The van der Waals surface area contributed by atoms with Crippen molar-refractivity contribution in [1.82, 2.24) is 14.7 Å². The van der Waals surface area contributed by atoms with Crippen molar-refractivity contribution >= 4 is 10.9 Å². The fraction of sp³-hybridized carbons (Fsp3) is 0.227. The van der Waals surface area contributed by atoms with Crippen molar-refractivity contribution in [3.05, 3.63) is 64.4 Å². The third-order valence-corrected chi connectivity index (χ3v) is 4.70. The molecule has 2 aromatic carbocycles. The second-order valence-electron chi connectivity index (χ2n) is 7.08. The summed E-state index contributed by atoms with van der Waals surface area (Å²) in [6.07, 6.45) is -2.21. The fourth-order valence-corrected chi connectivity index (χ4v) is 3.35. The molecule has 9 heteroatoms. The number of halogens is 3. The minimum Gasteiger partial charge on any atom is -0.406 e. The number of aryl methyl sites for hydroxylation is 2. The standard InChI is InChI=1S/C22H18F3N3O3/c1-3-10-28-12-17(19(29)16-11-13(2)4-9-18(16)28)21-26-20(27-31-21)14-5-7-15(8-6-14)30-22(23,24)25/h4-9,11-12H,3,10H2,1-2H3. The normalized spacial score (nSPS) is 11.8. The summed E-state index contributed by atoms with van der Waals surface area (Å²) in [5.41, 5.74) is 2.24. The Morgan fingerprint density at radius 2 is 1.87 bits per heavy atom. The van der Waals surface area contributed by atoms with Crippen LogP contribution >= 0.6 is 0 Å². The lowest BCUT2D eigenvalue weighted by Gasteiger charge is -2.11. The van der Waals surface area contributed by atoms with Gasteiger partial charge < -0.3 is 13.8 Å². The highest BCUT2D eigenvalue weighted by atomic mass is 19.4. The first-order valence-corrected chi connectivity index (χ1v) is 9.59. The number of aromatic nitrogens is 3. The Hall–Kier alpha value is -3.62. The molecule has 0 fully saturated rings. The summed E-state index contributed by atoms with van der Waals surface area (Å²) < 4.78 is 48.1. The molecule has 31 heavy (non-hydrogen) atoms. The highest BCUT2D eigenvalue weighted by molar-refractivity contribution is 5.83. The summed E-state index contributed by atoms with van der Waals surface area (Å²) in [5, 5.41) is 4.44. The molecule has 0 aliphatic rings. The number of fused-ring (bicyclic) bond motifs is 1. The van der Waals surface area contributed by atoms with Crippen LogP contribution < -0.4 is 10.2 Å². The van der Waals surface area contributed by atoms with E-state index in [0.717, 1.165) is 29.6 Å². The van der Waals surface area contributed by atoms with Crippen LogP contribution in [0, 0.1) is 6.92 Å². The van der Waals surface area contributed by atoms with Crippen molar-refractivity contribution in [3.63, 3.8) is 0 Å².